The van der Waals surface area contributed by atoms with Gasteiger partial charge in [-0.2, -0.15) is 5.10 Å². The standard InChI is InChI=1S/C20H19N5O3/c26-19(15-6-2-1-3-7-15)23-21-14-16-18(24-10-12-28-13-11-24)22-17-8-4-5-9-25(17)20(16)27/h1-9,14H,10-13H2,(H,23,26)/b21-14-. The number of morpholine rings is 1. The molecule has 0 atom stereocenters. The number of rotatable bonds is 4. The molecule has 8 nitrogen and oxygen atoms in total. The van der Waals surface area contributed by atoms with Crippen molar-refractivity contribution < 1.29 is 9.53 Å². The number of carbonyl (C=O) groups excluding carboxylic acids is 1. The first-order chi connectivity index (χ1) is 13.7. The molecule has 0 bridgehead atoms. The average molecular weight is 377 g/mol. The molecule has 1 N–H and O–H groups in total. The van der Waals surface area contributed by atoms with Gasteiger partial charge in [-0.25, -0.2) is 10.4 Å². The number of benzene rings is 1. The summed E-state index contributed by atoms with van der Waals surface area (Å²) in [5.74, 6) is 0.191. The molecule has 3 heterocycles. The summed E-state index contributed by atoms with van der Waals surface area (Å²) in [4.78, 5) is 31.8. The van der Waals surface area contributed by atoms with Crippen LogP contribution in [0, 0.1) is 0 Å². The van der Waals surface area contributed by atoms with Gasteiger partial charge in [-0.1, -0.05) is 24.3 Å². The van der Waals surface area contributed by atoms with Crippen molar-refractivity contribution in [2.24, 2.45) is 5.10 Å². The van der Waals surface area contributed by atoms with Crippen LogP contribution < -0.4 is 15.9 Å². The summed E-state index contributed by atoms with van der Waals surface area (Å²) >= 11 is 0. The van der Waals surface area contributed by atoms with E-state index in [2.05, 4.69) is 15.5 Å². The van der Waals surface area contributed by atoms with E-state index in [1.807, 2.05) is 17.0 Å². The van der Waals surface area contributed by atoms with E-state index in [9.17, 15) is 9.59 Å². The van der Waals surface area contributed by atoms with Gasteiger partial charge in [0, 0.05) is 24.8 Å². The number of hydrogen-bond donors (Lipinski definition) is 1. The summed E-state index contributed by atoms with van der Waals surface area (Å²) in [7, 11) is 0. The Morgan fingerprint density at radius 1 is 1.11 bits per heavy atom. The quantitative estimate of drug-likeness (QED) is 0.547. The molecular weight excluding hydrogens is 358 g/mol. The molecule has 142 valence electrons. The molecule has 1 aliphatic heterocycles. The van der Waals surface area contributed by atoms with Gasteiger partial charge in [0.25, 0.3) is 11.5 Å². The maximum Gasteiger partial charge on any atom is 0.271 e. The Balaban J connectivity index is 1.69. The molecule has 0 saturated carbocycles. The fourth-order valence-electron chi connectivity index (χ4n) is 3.03. The highest BCUT2D eigenvalue weighted by molar-refractivity contribution is 5.95. The predicted octanol–water partition coefficient (Wildman–Crippen LogP) is 1.29. The number of hydrogen-bond acceptors (Lipinski definition) is 6. The molecule has 4 rings (SSSR count). The number of amides is 1. The van der Waals surface area contributed by atoms with Crippen molar-refractivity contribution in [2.45, 2.75) is 0 Å². The number of nitrogens with zero attached hydrogens (tertiary/aromatic N) is 4. The normalized spacial score (nSPS) is 14.5. The maximum absolute atomic E-state index is 13.0. The second-order valence-corrected chi connectivity index (χ2v) is 6.25. The number of carbonyl (C=O) groups is 1. The van der Waals surface area contributed by atoms with Crippen molar-refractivity contribution in [3.05, 3.63) is 76.2 Å². The molecule has 0 aliphatic carbocycles. The molecule has 1 aromatic carbocycles. The average Bonchev–Trinajstić information content (AvgIpc) is 2.76. The number of aromatic nitrogens is 2. The lowest BCUT2D eigenvalue weighted by Crippen LogP contribution is -2.39. The van der Waals surface area contributed by atoms with E-state index in [1.165, 1.54) is 10.6 Å². The maximum atomic E-state index is 13.0. The molecule has 0 unspecified atom stereocenters. The monoisotopic (exact) mass is 377 g/mol. The van der Waals surface area contributed by atoms with Crippen molar-refractivity contribution >= 4 is 23.6 Å². The second kappa shape index (κ2) is 8.01. The lowest BCUT2D eigenvalue weighted by molar-refractivity contribution is 0.0955. The van der Waals surface area contributed by atoms with Crippen molar-refractivity contribution in [1.82, 2.24) is 14.8 Å². The van der Waals surface area contributed by atoms with Crippen LogP contribution in [0.1, 0.15) is 15.9 Å². The molecule has 1 aliphatic rings. The van der Waals surface area contributed by atoms with Gasteiger partial charge in [-0.3, -0.25) is 14.0 Å². The summed E-state index contributed by atoms with van der Waals surface area (Å²) in [5.41, 5.74) is 3.58. The summed E-state index contributed by atoms with van der Waals surface area (Å²) in [6.45, 7) is 2.40. The third-order valence-corrected chi connectivity index (χ3v) is 4.46. The molecular formula is C20H19N5O3. The van der Waals surface area contributed by atoms with Crippen LogP contribution in [0.15, 0.2) is 64.6 Å². The van der Waals surface area contributed by atoms with Gasteiger partial charge < -0.3 is 9.64 Å². The van der Waals surface area contributed by atoms with Crippen LogP contribution in [0.4, 0.5) is 5.82 Å². The van der Waals surface area contributed by atoms with E-state index in [0.717, 1.165) is 0 Å². The Morgan fingerprint density at radius 3 is 2.64 bits per heavy atom. The van der Waals surface area contributed by atoms with Crippen LogP contribution in [0.2, 0.25) is 0 Å². The van der Waals surface area contributed by atoms with Crippen LogP contribution in [-0.2, 0) is 4.74 Å². The number of pyridine rings is 1. The van der Waals surface area contributed by atoms with Crippen molar-refractivity contribution in [3.63, 3.8) is 0 Å². The van der Waals surface area contributed by atoms with Gasteiger partial charge in [-0.05, 0) is 24.3 Å². The number of ether oxygens (including phenoxy) is 1. The fourth-order valence-corrected chi connectivity index (χ4v) is 3.03. The third kappa shape index (κ3) is 3.63. The summed E-state index contributed by atoms with van der Waals surface area (Å²) in [6, 6.07) is 14.1. The Morgan fingerprint density at radius 2 is 1.86 bits per heavy atom. The molecule has 1 saturated heterocycles. The van der Waals surface area contributed by atoms with Crippen LogP contribution in [0.5, 0.6) is 0 Å². The first-order valence-corrected chi connectivity index (χ1v) is 8.96. The Kier molecular flexibility index (Phi) is 5.11. The summed E-state index contributed by atoms with van der Waals surface area (Å²) < 4.78 is 6.86. The SMILES string of the molecule is O=C(N/N=C\c1c(N2CCOCC2)nc2ccccn2c1=O)c1ccccc1. The molecule has 28 heavy (non-hydrogen) atoms. The minimum absolute atomic E-state index is 0.246. The lowest BCUT2D eigenvalue weighted by atomic mass is 10.2. The zero-order valence-electron chi connectivity index (χ0n) is 15.1. The highest BCUT2D eigenvalue weighted by Crippen LogP contribution is 2.16. The largest absolute Gasteiger partial charge is 0.378 e. The molecule has 1 amide bonds. The highest BCUT2D eigenvalue weighted by atomic mass is 16.5. The molecule has 8 heteroatoms. The Hall–Kier alpha value is -3.52. The van der Waals surface area contributed by atoms with E-state index >= 15 is 0 Å². The zero-order valence-corrected chi connectivity index (χ0v) is 15.1. The van der Waals surface area contributed by atoms with Gasteiger partial charge in [-0.15, -0.1) is 0 Å². The van der Waals surface area contributed by atoms with Crippen LogP contribution >= 0.6 is 0 Å². The van der Waals surface area contributed by atoms with E-state index in [0.29, 0.717) is 48.9 Å². The molecule has 0 radical (unpaired) electrons. The minimum Gasteiger partial charge on any atom is -0.378 e. The van der Waals surface area contributed by atoms with Crippen LogP contribution in [0.3, 0.4) is 0 Å². The summed E-state index contributed by atoms with van der Waals surface area (Å²) in [5, 5.41) is 4.01. The van der Waals surface area contributed by atoms with Crippen molar-refractivity contribution in [3.8, 4) is 0 Å². The van der Waals surface area contributed by atoms with Crippen LogP contribution in [0.25, 0.3) is 5.65 Å². The second-order valence-electron chi connectivity index (χ2n) is 6.25. The molecule has 1 fully saturated rings. The van der Waals surface area contributed by atoms with Gasteiger partial charge in [0.05, 0.1) is 19.4 Å². The Bertz CT molecular complexity index is 1070. The van der Waals surface area contributed by atoms with E-state index in [-0.39, 0.29) is 11.5 Å². The lowest BCUT2D eigenvalue weighted by Gasteiger charge is -2.28. The summed E-state index contributed by atoms with van der Waals surface area (Å²) in [6.07, 6.45) is 3.02. The van der Waals surface area contributed by atoms with Crippen molar-refractivity contribution in [2.75, 3.05) is 31.2 Å². The zero-order chi connectivity index (χ0) is 19.3. The van der Waals surface area contributed by atoms with E-state index < -0.39 is 0 Å². The minimum atomic E-state index is -0.348. The predicted molar refractivity (Wildman–Crippen MR) is 106 cm³/mol. The number of hydrazone groups is 1. The Labute approximate surface area is 161 Å². The van der Waals surface area contributed by atoms with E-state index in [4.69, 9.17) is 4.74 Å². The molecule has 2 aromatic heterocycles. The van der Waals surface area contributed by atoms with Gasteiger partial charge >= 0.3 is 0 Å². The van der Waals surface area contributed by atoms with Crippen LogP contribution in [-0.4, -0.2) is 47.8 Å². The van der Waals surface area contributed by atoms with Crippen molar-refractivity contribution in [1.29, 1.82) is 0 Å². The van der Waals surface area contributed by atoms with Gasteiger partial charge in [0.15, 0.2) is 0 Å². The molecule has 0 spiro atoms. The number of nitrogens with one attached hydrogen (secondary N) is 1. The first-order valence-electron chi connectivity index (χ1n) is 8.96. The first kappa shape index (κ1) is 17.9. The van der Waals surface area contributed by atoms with Gasteiger partial charge in [0.1, 0.15) is 17.0 Å². The fraction of sp³-hybridized carbons (Fsp3) is 0.200. The highest BCUT2D eigenvalue weighted by Gasteiger charge is 2.19. The number of fused-ring (bicyclic) bond motifs is 1. The molecule has 3 aromatic rings. The smallest absolute Gasteiger partial charge is 0.271 e. The number of anilines is 1. The topological polar surface area (TPSA) is 88.3 Å². The van der Waals surface area contributed by atoms with Gasteiger partial charge in [0.2, 0.25) is 0 Å². The van der Waals surface area contributed by atoms with E-state index in [1.54, 1.807) is 42.6 Å². The third-order valence-electron chi connectivity index (χ3n) is 4.46.